The highest BCUT2D eigenvalue weighted by molar-refractivity contribution is 7.98. The van der Waals surface area contributed by atoms with E-state index in [9.17, 15) is 0 Å². The molecule has 1 aliphatic heterocycles. The minimum atomic E-state index is -0.165. The van der Waals surface area contributed by atoms with Crippen molar-refractivity contribution in [3.63, 3.8) is 0 Å². The van der Waals surface area contributed by atoms with E-state index >= 15 is 0 Å². The molecule has 112 valence electrons. The van der Waals surface area contributed by atoms with Gasteiger partial charge in [-0.2, -0.15) is 4.98 Å². The Morgan fingerprint density at radius 3 is 2.76 bits per heavy atom. The van der Waals surface area contributed by atoms with Crippen molar-refractivity contribution in [1.82, 2.24) is 15.0 Å². The summed E-state index contributed by atoms with van der Waals surface area (Å²) in [5, 5.41) is 4.02. The molecule has 0 bridgehead atoms. The Labute approximate surface area is 128 Å². The van der Waals surface area contributed by atoms with Gasteiger partial charge in [0.2, 0.25) is 5.89 Å². The van der Waals surface area contributed by atoms with Crippen molar-refractivity contribution in [3.05, 3.63) is 42.0 Å². The summed E-state index contributed by atoms with van der Waals surface area (Å²) in [6, 6.07) is 10.0. The standard InChI is InChI=1S/C15H20N4OS/c16-13(10-19-8-4-5-9-19)15-17-14(20-18-15)11-21-12-6-2-1-3-7-12/h1-3,6-7,13H,4-5,8-11,16H2. The fourth-order valence-electron chi connectivity index (χ4n) is 2.46. The molecule has 2 aromatic rings. The molecule has 1 saturated heterocycles. The van der Waals surface area contributed by atoms with Crippen molar-refractivity contribution in [2.24, 2.45) is 5.73 Å². The third-order valence-corrected chi connectivity index (χ3v) is 4.57. The Morgan fingerprint density at radius 1 is 1.24 bits per heavy atom. The molecule has 0 saturated carbocycles. The second-order valence-corrected chi connectivity index (χ2v) is 6.31. The van der Waals surface area contributed by atoms with Gasteiger partial charge < -0.3 is 15.2 Å². The van der Waals surface area contributed by atoms with E-state index in [0.29, 0.717) is 17.5 Å². The lowest BCUT2D eigenvalue weighted by Gasteiger charge is -2.17. The van der Waals surface area contributed by atoms with E-state index in [2.05, 4.69) is 27.2 Å². The minimum Gasteiger partial charge on any atom is -0.338 e. The van der Waals surface area contributed by atoms with E-state index in [-0.39, 0.29) is 6.04 Å². The van der Waals surface area contributed by atoms with Crippen LogP contribution in [0.5, 0.6) is 0 Å². The van der Waals surface area contributed by atoms with E-state index in [1.54, 1.807) is 11.8 Å². The Hall–Kier alpha value is -1.37. The molecule has 1 fully saturated rings. The summed E-state index contributed by atoms with van der Waals surface area (Å²) in [4.78, 5) is 7.97. The van der Waals surface area contributed by atoms with Crippen molar-refractivity contribution in [2.45, 2.75) is 29.5 Å². The Balaban J connectivity index is 1.53. The van der Waals surface area contributed by atoms with Gasteiger partial charge in [-0.25, -0.2) is 0 Å². The molecule has 0 amide bonds. The summed E-state index contributed by atoms with van der Waals surface area (Å²) in [6.45, 7) is 3.06. The van der Waals surface area contributed by atoms with Crippen molar-refractivity contribution in [2.75, 3.05) is 19.6 Å². The molecule has 1 aromatic carbocycles. The molecule has 0 aliphatic carbocycles. The van der Waals surface area contributed by atoms with Crippen molar-refractivity contribution >= 4 is 11.8 Å². The second-order valence-electron chi connectivity index (χ2n) is 5.26. The summed E-state index contributed by atoms with van der Waals surface area (Å²) in [5.74, 6) is 1.93. The second kappa shape index (κ2) is 7.06. The van der Waals surface area contributed by atoms with Crippen LogP contribution in [-0.4, -0.2) is 34.7 Å². The maximum absolute atomic E-state index is 6.16. The first kappa shape index (κ1) is 14.6. The van der Waals surface area contributed by atoms with Crippen molar-refractivity contribution < 1.29 is 4.52 Å². The number of rotatable bonds is 6. The summed E-state index contributed by atoms with van der Waals surface area (Å²) < 4.78 is 5.29. The summed E-state index contributed by atoms with van der Waals surface area (Å²) in [5.41, 5.74) is 6.16. The van der Waals surface area contributed by atoms with Gasteiger partial charge in [-0.1, -0.05) is 23.4 Å². The van der Waals surface area contributed by atoms with Crippen LogP contribution < -0.4 is 5.73 Å². The highest BCUT2D eigenvalue weighted by Gasteiger charge is 2.20. The Kier molecular flexibility index (Phi) is 4.90. The smallest absolute Gasteiger partial charge is 0.237 e. The van der Waals surface area contributed by atoms with Gasteiger partial charge in [0.25, 0.3) is 0 Å². The molecule has 1 aliphatic rings. The fraction of sp³-hybridized carbons (Fsp3) is 0.467. The molecule has 2 N–H and O–H groups in total. The third-order valence-electron chi connectivity index (χ3n) is 3.57. The molecular formula is C15H20N4OS. The van der Waals surface area contributed by atoms with Crippen LogP contribution in [0.3, 0.4) is 0 Å². The maximum atomic E-state index is 6.16. The van der Waals surface area contributed by atoms with Gasteiger partial charge in [0.05, 0.1) is 11.8 Å². The normalized spacial score (nSPS) is 17.2. The van der Waals surface area contributed by atoms with Crippen molar-refractivity contribution in [3.8, 4) is 0 Å². The number of nitrogens with two attached hydrogens (primary N) is 1. The average Bonchev–Trinajstić information content (AvgIpc) is 3.17. The van der Waals surface area contributed by atoms with E-state index < -0.39 is 0 Å². The highest BCUT2D eigenvalue weighted by Crippen LogP contribution is 2.22. The van der Waals surface area contributed by atoms with Gasteiger partial charge in [0.1, 0.15) is 0 Å². The maximum Gasteiger partial charge on any atom is 0.237 e. The zero-order valence-corrected chi connectivity index (χ0v) is 12.8. The zero-order chi connectivity index (χ0) is 14.5. The van der Waals surface area contributed by atoms with Crippen LogP contribution in [0, 0.1) is 0 Å². The number of thioether (sulfide) groups is 1. The lowest BCUT2D eigenvalue weighted by atomic mass is 10.3. The Bertz CT molecular complexity index is 554. The SMILES string of the molecule is NC(CN1CCCC1)c1noc(CSc2ccccc2)n1. The molecule has 3 rings (SSSR count). The predicted molar refractivity (Wildman–Crippen MR) is 82.9 cm³/mol. The van der Waals surface area contributed by atoms with Crippen LogP contribution in [-0.2, 0) is 5.75 Å². The van der Waals surface area contributed by atoms with Gasteiger partial charge in [-0.15, -0.1) is 11.8 Å². The zero-order valence-electron chi connectivity index (χ0n) is 11.9. The van der Waals surface area contributed by atoms with Gasteiger partial charge in [-0.05, 0) is 38.1 Å². The highest BCUT2D eigenvalue weighted by atomic mass is 32.2. The molecule has 0 spiro atoms. The van der Waals surface area contributed by atoms with E-state index in [0.717, 1.165) is 19.6 Å². The van der Waals surface area contributed by atoms with Gasteiger partial charge >= 0.3 is 0 Å². The van der Waals surface area contributed by atoms with Gasteiger partial charge in [0.15, 0.2) is 5.82 Å². The molecule has 6 heteroatoms. The average molecular weight is 304 g/mol. The number of benzene rings is 1. The largest absolute Gasteiger partial charge is 0.338 e. The van der Waals surface area contributed by atoms with Gasteiger partial charge in [0, 0.05) is 11.4 Å². The summed E-state index contributed by atoms with van der Waals surface area (Å²) in [7, 11) is 0. The van der Waals surface area contributed by atoms with Crippen LogP contribution in [0.25, 0.3) is 0 Å². The molecule has 5 nitrogen and oxygen atoms in total. The van der Waals surface area contributed by atoms with Crippen LogP contribution in [0.4, 0.5) is 0 Å². The molecular weight excluding hydrogens is 284 g/mol. The summed E-state index contributed by atoms with van der Waals surface area (Å²) >= 11 is 1.68. The first-order valence-corrected chi connectivity index (χ1v) is 8.28. The van der Waals surface area contributed by atoms with Crippen molar-refractivity contribution in [1.29, 1.82) is 0 Å². The monoisotopic (exact) mass is 304 g/mol. The van der Waals surface area contributed by atoms with E-state index in [1.165, 1.54) is 17.7 Å². The van der Waals surface area contributed by atoms with Gasteiger partial charge in [-0.3, -0.25) is 0 Å². The molecule has 1 aromatic heterocycles. The third kappa shape index (κ3) is 4.06. The van der Waals surface area contributed by atoms with E-state index in [1.807, 2.05) is 18.2 Å². The van der Waals surface area contributed by atoms with Crippen LogP contribution in [0.15, 0.2) is 39.8 Å². The van der Waals surface area contributed by atoms with Crippen LogP contribution in [0.1, 0.15) is 30.6 Å². The number of hydrogen-bond donors (Lipinski definition) is 1. The number of likely N-dealkylation sites (tertiary alicyclic amines) is 1. The lowest BCUT2D eigenvalue weighted by molar-refractivity contribution is 0.305. The number of nitrogens with zero attached hydrogens (tertiary/aromatic N) is 3. The topological polar surface area (TPSA) is 68.2 Å². The van der Waals surface area contributed by atoms with Crippen LogP contribution >= 0.6 is 11.8 Å². The molecule has 1 atom stereocenters. The summed E-state index contributed by atoms with van der Waals surface area (Å²) in [6.07, 6.45) is 2.52. The Morgan fingerprint density at radius 2 is 2.00 bits per heavy atom. The number of hydrogen-bond acceptors (Lipinski definition) is 6. The minimum absolute atomic E-state index is 0.165. The van der Waals surface area contributed by atoms with Crippen LogP contribution in [0.2, 0.25) is 0 Å². The number of aromatic nitrogens is 2. The predicted octanol–water partition coefficient (Wildman–Crippen LogP) is 2.46. The molecule has 21 heavy (non-hydrogen) atoms. The molecule has 0 radical (unpaired) electrons. The quantitative estimate of drug-likeness (QED) is 0.827. The fourth-order valence-corrected chi connectivity index (χ4v) is 3.22. The lowest BCUT2D eigenvalue weighted by Crippen LogP contribution is -2.30. The molecule has 1 unspecified atom stereocenters. The van der Waals surface area contributed by atoms with E-state index in [4.69, 9.17) is 10.3 Å². The molecule has 2 heterocycles. The first-order chi connectivity index (χ1) is 10.3. The first-order valence-electron chi connectivity index (χ1n) is 7.29.